The monoisotopic (exact) mass is 791 g/mol. The molecule has 0 saturated heterocycles. The molecule has 58 heavy (non-hydrogen) atoms. The molecule has 0 bridgehead atoms. The van der Waals surface area contributed by atoms with Gasteiger partial charge in [0.1, 0.15) is 45.4 Å². The van der Waals surface area contributed by atoms with E-state index in [2.05, 4.69) is 194 Å². The van der Waals surface area contributed by atoms with Crippen LogP contribution in [-0.2, 0) is 0 Å². The minimum atomic E-state index is -0.212. The summed E-state index contributed by atoms with van der Waals surface area (Å²) in [6.07, 6.45) is 7.97. The van der Waals surface area contributed by atoms with Crippen molar-refractivity contribution in [2.24, 2.45) is 0 Å². The number of hydrogen-bond acceptors (Lipinski definition) is 4. The number of rotatable bonds is 23. The van der Waals surface area contributed by atoms with Gasteiger partial charge in [0.25, 0.3) is 0 Å². The Morgan fingerprint density at radius 2 is 0.586 bits per heavy atom. The van der Waals surface area contributed by atoms with Crippen LogP contribution in [0.3, 0.4) is 0 Å². The van der Waals surface area contributed by atoms with Crippen LogP contribution < -0.4 is 18.9 Å². The van der Waals surface area contributed by atoms with Gasteiger partial charge in [-0.1, -0.05) is 90.1 Å². The normalized spacial score (nSPS) is 14.7. The molecule has 318 valence electrons. The standard InChI is InChI=1S/C54H78O4/c1-15-40(42-22-30-48(31-23-42)56-52(9,10)17-3)37-46(44-26-34-50(35-27-44)58-54(13,14)19-5)38-45(43-24-32-49(33-25-43)57-53(11,12)18-4)36-39(6)41-20-28-47(29-21-41)55-51(7,8)16-2/h20-35,39-40,45-46H,15-19,36-38H2,1-14H3. The molecular formula is C54H78O4. The van der Waals surface area contributed by atoms with Crippen molar-refractivity contribution in [3.05, 3.63) is 119 Å². The molecule has 0 amide bonds. The van der Waals surface area contributed by atoms with E-state index in [9.17, 15) is 0 Å². The molecule has 0 aliphatic carbocycles. The summed E-state index contributed by atoms with van der Waals surface area (Å²) in [5, 5.41) is 0. The Morgan fingerprint density at radius 1 is 0.345 bits per heavy atom. The molecule has 4 aromatic carbocycles. The van der Waals surface area contributed by atoms with E-state index in [0.29, 0.717) is 23.7 Å². The van der Waals surface area contributed by atoms with Crippen molar-refractivity contribution in [1.29, 1.82) is 0 Å². The van der Waals surface area contributed by atoms with E-state index in [0.717, 1.165) is 74.4 Å². The van der Waals surface area contributed by atoms with E-state index in [1.165, 1.54) is 22.3 Å². The lowest BCUT2D eigenvalue weighted by atomic mass is 9.75. The van der Waals surface area contributed by atoms with Crippen molar-refractivity contribution in [2.45, 2.75) is 194 Å². The zero-order valence-electron chi connectivity index (χ0n) is 38.8. The van der Waals surface area contributed by atoms with Gasteiger partial charge in [0.15, 0.2) is 0 Å². The van der Waals surface area contributed by atoms with Crippen LogP contribution in [0.15, 0.2) is 97.1 Å². The van der Waals surface area contributed by atoms with Gasteiger partial charge < -0.3 is 18.9 Å². The Hall–Kier alpha value is -3.92. The largest absolute Gasteiger partial charge is 0.488 e. The molecular weight excluding hydrogens is 713 g/mol. The maximum Gasteiger partial charge on any atom is 0.120 e. The lowest BCUT2D eigenvalue weighted by Crippen LogP contribution is -2.26. The second kappa shape index (κ2) is 20.4. The third-order valence-electron chi connectivity index (χ3n) is 12.8. The van der Waals surface area contributed by atoms with E-state index in [1.54, 1.807) is 0 Å². The molecule has 0 aromatic heterocycles. The zero-order chi connectivity index (χ0) is 42.7. The van der Waals surface area contributed by atoms with Crippen molar-refractivity contribution >= 4 is 0 Å². The Labute approximate surface area is 354 Å². The molecule has 0 N–H and O–H groups in total. The molecule has 4 unspecified atom stereocenters. The smallest absolute Gasteiger partial charge is 0.120 e. The molecule has 4 heteroatoms. The maximum absolute atomic E-state index is 6.43. The average molecular weight is 791 g/mol. The molecule has 4 rings (SSSR count). The van der Waals surface area contributed by atoms with Crippen LogP contribution in [0.2, 0.25) is 0 Å². The first-order valence-electron chi connectivity index (χ1n) is 22.5. The van der Waals surface area contributed by atoms with Crippen molar-refractivity contribution in [3.8, 4) is 23.0 Å². The fourth-order valence-electron chi connectivity index (χ4n) is 7.38. The van der Waals surface area contributed by atoms with Crippen molar-refractivity contribution in [3.63, 3.8) is 0 Å². The molecule has 4 nitrogen and oxygen atoms in total. The molecule has 0 aliphatic heterocycles. The van der Waals surface area contributed by atoms with Gasteiger partial charge in [0.2, 0.25) is 0 Å². The summed E-state index contributed by atoms with van der Waals surface area (Å²) in [4.78, 5) is 0. The van der Waals surface area contributed by atoms with Crippen molar-refractivity contribution in [2.75, 3.05) is 0 Å². The molecule has 0 aliphatic rings. The molecule has 0 radical (unpaired) electrons. The minimum Gasteiger partial charge on any atom is -0.488 e. The summed E-state index contributed by atoms with van der Waals surface area (Å²) in [5.74, 6) is 5.12. The van der Waals surface area contributed by atoms with Gasteiger partial charge in [-0.3, -0.25) is 0 Å². The molecule has 0 spiro atoms. The fraction of sp³-hybridized carbons (Fsp3) is 0.556. The highest BCUT2D eigenvalue weighted by molar-refractivity contribution is 5.36. The van der Waals surface area contributed by atoms with E-state index in [1.807, 2.05) is 0 Å². The fourth-order valence-corrected chi connectivity index (χ4v) is 7.38. The van der Waals surface area contributed by atoms with Crippen LogP contribution in [0.25, 0.3) is 0 Å². The molecule has 0 heterocycles. The molecule has 4 atom stereocenters. The Bertz CT molecular complexity index is 1780. The lowest BCUT2D eigenvalue weighted by Gasteiger charge is -2.31. The maximum atomic E-state index is 6.43. The Balaban J connectivity index is 1.72. The third-order valence-corrected chi connectivity index (χ3v) is 12.8. The predicted molar refractivity (Wildman–Crippen MR) is 247 cm³/mol. The lowest BCUT2D eigenvalue weighted by molar-refractivity contribution is 0.105. The van der Waals surface area contributed by atoms with E-state index < -0.39 is 0 Å². The number of hydrogen-bond donors (Lipinski definition) is 0. The average Bonchev–Trinajstić information content (AvgIpc) is 3.20. The van der Waals surface area contributed by atoms with E-state index >= 15 is 0 Å². The Morgan fingerprint density at radius 3 is 0.862 bits per heavy atom. The quantitative estimate of drug-likeness (QED) is 0.0750. The van der Waals surface area contributed by atoms with Gasteiger partial charge in [0, 0.05) is 0 Å². The van der Waals surface area contributed by atoms with Gasteiger partial charge >= 0.3 is 0 Å². The summed E-state index contributed by atoms with van der Waals surface area (Å²) >= 11 is 0. The van der Waals surface area contributed by atoms with Gasteiger partial charge in [0.05, 0.1) is 0 Å². The second-order valence-corrected chi connectivity index (χ2v) is 19.2. The first-order valence-corrected chi connectivity index (χ1v) is 22.5. The summed E-state index contributed by atoms with van der Waals surface area (Å²) < 4.78 is 25.5. The highest BCUT2D eigenvalue weighted by Gasteiger charge is 2.27. The molecule has 0 fully saturated rings. The third kappa shape index (κ3) is 14.1. The van der Waals surface area contributed by atoms with Crippen molar-refractivity contribution < 1.29 is 18.9 Å². The van der Waals surface area contributed by atoms with Gasteiger partial charge in [-0.25, -0.2) is 0 Å². The van der Waals surface area contributed by atoms with Gasteiger partial charge in [-0.2, -0.15) is 0 Å². The highest BCUT2D eigenvalue weighted by atomic mass is 16.5. The number of benzene rings is 4. The van der Waals surface area contributed by atoms with Crippen LogP contribution in [0.4, 0.5) is 0 Å². The van der Waals surface area contributed by atoms with Crippen LogP contribution in [-0.4, -0.2) is 22.4 Å². The first kappa shape index (κ1) is 46.8. The van der Waals surface area contributed by atoms with Gasteiger partial charge in [-0.05, 0) is 201 Å². The SMILES string of the molecule is CCC(CC(CC(CC(C)c1ccc(OC(C)(C)CC)cc1)c1ccc(OC(C)(C)CC)cc1)c1ccc(OC(C)(C)CC)cc1)c1ccc(OC(C)(C)CC)cc1. The summed E-state index contributed by atoms with van der Waals surface area (Å²) in [6, 6.07) is 35.8. The van der Waals surface area contributed by atoms with Gasteiger partial charge in [-0.15, -0.1) is 0 Å². The summed E-state index contributed by atoms with van der Waals surface area (Å²) in [5.41, 5.74) is 4.64. The van der Waals surface area contributed by atoms with E-state index in [4.69, 9.17) is 18.9 Å². The van der Waals surface area contributed by atoms with Crippen LogP contribution in [0, 0.1) is 0 Å². The number of ether oxygens (including phenoxy) is 4. The molecule has 4 aromatic rings. The van der Waals surface area contributed by atoms with Crippen LogP contribution in [0.1, 0.15) is 194 Å². The zero-order valence-corrected chi connectivity index (χ0v) is 38.8. The predicted octanol–water partition coefficient (Wildman–Crippen LogP) is 16.0. The van der Waals surface area contributed by atoms with Crippen LogP contribution in [0.5, 0.6) is 23.0 Å². The van der Waals surface area contributed by atoms with Crippen LogP contribution >= 0.6 is 0 Å². The summed E-state index contributed by atoms with van der Waals surface area (Å²) in [6.45, 7) is 30.7. The minimum absolute atomic E-state index is 0.190. The Kier molecular flexibility index (Phi) is 16.4. The topological polar surface area (TPSA) is 36.9 Å². The highest BCUT2D eigenvalue weighted by Crippen LogP contribution is 2.43. The van der Waals surface area contributed by atoms with E-state index in [-0.39, 0.29) is 22.4 Å². The summed E-state index contributed by atoms with van der Waals surface area (Å²) in [7, 11) is 0. The molecule has 0 saturated carbocycles. The second-order valence-electron chi connectivity index (χ2n) is 19.2. The first-order chi connectivity index (χ1) is 27.3. The van der Waals surface area contributed by atoms with Crippen molar-refractivity contribution in [1.82, 2.24) is 0 Å².